The molecule has 48 heavy (non-hydrogen) atoms. The van der Waals surface area contributed by atoms with Crippen LogP contribution in [0.15, 0.2) is 66.7 Å². The minimum absolute atomic E-state index is 0.0470. The van der Waals surface area contributed by atoms with E-state index in [0.29, 0.717) is 24.2 Å². The molecule has 4 fully saturated rings. The van der Waals surface area contributed by atoms with E-state index in [-0.39, 0.29) is 41.3 Å². The van der Waals surface area contributed by atoms with Crippen molar-refractivity contribution in [3.63, 3.8) is 0 Å². The highest BCUT2D eigenvalue weighted by Crippen LogP contribution is 2.55. The quantitative estimate of drug-likeness (QED) is 0.249. The molecule has 0 aromatic heterocycles. The van der Waals surface area contributed by atoms with Gasteiger partial charge in [-0.3, -0.25) is 9.59 Å². The van der Waals surface area contributed by atoms with E-state index in [4.69, 9.17) is 9.31 Å². The van der Waals surface area contributed by atoms with Crippen molar-refractivity contribution in [3.8, 4) is 0 Å². The maximum absolute atomic E-state index is 14.8. The first-order valence-corrected chi connectivity index (χ1v) is 18.7. The largest absolute Gasteiger partial charge is 0.481 e. The molecule has 0 spiro atoms. The zero-order valence-electron chi connectivity index (χ0n) is 29.0. The molecule has 3 aromatic carbocycles. The maximum Gasteiger partial charge on any atom is 0.481 e. The lowest BCUT2D eigenvalue weighted by Crippen LogP contribution is -2.57. The molecule has 2 N–H and O–H groups in total. The van der Waals surface area contributed by atoms with Gasteiger partial charge in [-0.15, -0.1) is 0 Å². The van der Waals surface area contributed by atoms with Crippen LogP contribution in [0.2, 0.25) is 0 Å². The predicted molar refractivity (Wildman–Crippen MR) is 190 cm³/mol. The normalized spacial score (nSPS) is 34.3. The van der Waals surface area contributed by atoms with E-state index in [2.05, 4.69) is 86.9 Å². The Labute approximate surface area is 286 Å². The van der Waals surface area contributed by atoms with E-state index >= 15 is 0 Å². The van der Waals surface area contributed by atoms with Crippen molar-refractivity contribution in [2.75, 3.05) is 0 Å². The second-order valence-corrected chi connectivity index (χ2v) is 16.5. The molecular formula is C41H51BN2O4. The molecule has 252 valence electrons. The lowest BCUT2D eigenvalue weighted by Gasteiger charge is -2.50. The van der Waals surface area contributed by atoms with Gasteiger partial charge < -0.3 is 19.9 Å². The van der Waals surface area contributed by atoms with Gasteiger partial charge in [-0.2, -0.15) is 0 Å². The van der Waals surface area contributed by atoms with Crippen molar-refractivity contribution < 1.29 is 18.9 Å². The van der Waals surface area contributed by atoms with Gasteiger partial charge in [-0.05, 0) is 109 Å². The van der Waals surface area contributed by atoms with Crippen LogP contribution in [0.4, 0.5) is 0 Å². The molecule has 1 heterocycles. The molecular weight excluding hydrogens is 595 g/mol. The number of hydrogen-bond acceptors (Lipinski definition) is 4. The molecule has 2 amide bonds. The number of rotatable bonds is 8. The first-order chi connectivity index (χ1) is 23.1. The minimum atomic E-state index is -1.03. The van der Waals surface area contributed by atoms with Crippen LogP contribution in [0.25, 0.3) is 10.8 Å². The summed E-state index contributed by atoms with van der Waals surface area (Å²) in [7, 11) is -0.503. The van der Waals surface area contributed by atoms with Crippen LogP contribution in [-0.2, 0) is 25.3 Å². The van der Waals surface area contributed by atoms with E-state index in [1.165, 1.54) is 30.2 Å². The molecule has 3 saturated carbocycles. The highest BCUT2D eigenvalue weighted by atomic mass is 16.7. The number of nitrogens with one attached hydrogen (secondary N) is 2. The monoisotopic (exact) mass is 646 g/mol. The third-order valence-corrected chi connectivity index (χ3v) is 12.9. The summed E-state index contributed by atoms with van der Waals surface area (Å²) in [6.45, 7) is 9.01. The van der Waals surface area contributed by atoms with Gasteiger partial charge >= 0.3 is 7.12 Å². The molecule has 5 aliphatic rings. The number of benzene rings is 3. The number of hydrogen-bond donors (Lipinski definition) is 2. The lowest BCUT2D eigenvalue weighted by atomic mass is 9.60. The van der Waals surface area contributed by atoms with E-state index in [0.717, 1.165) is 54.5 Å². The summed E-state index contributed by atoms with van der Waals surface area (Å²) in [5.41, 5.74) is 2.07. The molecule has 9 atom stereocenters. The van der Waals surface area contributed by atoms with E-state index in [1.54, 1.807) is 0 Å². The summed E-state index contributed by atoms with van der Waals surface area (Å²) in [4.78, 5) is 29.0. The lowest BCUT2D eigenvalue weighted by molar-refractivity contribution is -0.131. The third kappa shape index (κ3) is 5.59. The number of carbonyl (C=O) groups excluding carboxylic acids is 2. The van der Waals surface area contributed by atoms with E-state index < -0.39 is 12.7 Å². The summed E-state index contributed by atoms with van der Waals surface area (Å²) in [6.07, 6.45) is 8.77. The third-order valence-electron chi connectivity index (χ3n) is 12.9. The fourth-order valence-electron chi connectivity index (χ4n) is 9.93. The van der Waals surface area contributed by atoms with Gasteiger partial charge in [-0.1, -0.05) is 93.9 Å². The standard InChI is InChI=1S/C41H51BN2O4/c1-25(2)20-37(42-47-36-23-31-22-32(19-16-26(31)3)40(36,4)48-42)43-39(46)41(24-35(41)30-18-17-27-10-5-6-12-29(27)21-30)44-38(45)34-15-9-13-28-11-7-8-14-33(28)34/h5-8,10-12,14,17-18,21,25-26,31-32,34-37H,9,13,15-16,19-20,22-24H2,1-4H3,(H,43,46)(H,44,45)/t26?,31?,32?,34-,35-,36+,37-,40-,41-/m0/s1. The topological polar surface area (TPSA) is 76.7 Å². The molecule has 3 aromatic rings. The van der Waals surface area contributed by atoms with Crippen molar-refractivity contribution in [2.24, 2.45) is 23.7 Å². The second kappa shape index (κ2) is 12.3. The Hall–Kier alpha value is -3.16. The number of fused-ring (bicyclic) bond motifs is 6. The first-order valence-electron chi connectivity index (χ1n) is 18.7. The molecule has 3 unspecified atom stereocenters. The number of amides is 2. The Kier molecular flexibility index (Phi) is 8.23. The van der Waals surface area contributed by atoms with Crippen molar-refractivity contribution in [3.05, 3.63) is 83.4 Å². The zero-order chi connectivity index (χ0) is 33.2. The fourth-order valence-corrected chi connectivity index (χ4v) is 9.93. The van der Waals surface area contributed by atoms with Crippen LogP contribution < -0.4 is 10.6 Å². The molecule has 8 rings (SSSR count). The zero-order valence-corrected chi connectivity index (χ0v) is 29.0. The van der Waals surface area contributed by atoms with Crippen LogP contribution in [-0.4, -0.2) is 42.1 Å². The highest BCUT2D eigenvalue weighted by molar-refractivity contribution is 6.48. The van der Waals surface area contributed by atoms with E-state index in [9.17, 15) is 9.59 Å². The average Bonchev–Trinajstić information content (AvgIpc) is 3.71. The van der Waals surface area contributed by atoms with Crippen LogP contribution in [0, 0.1) is 23.7 Å². The molecule has 2 bridgehead atoms. The summed E-state index contributed by atoms with van der Waals surface area (Å²) in [5.74, 6) is 1.38. The number of aryl methyl sites for hydroxylation is 1. The van der Waals surface area contributed by atoms with Crippen molar-refractivity contribution in [1.29, 1.82) is 0 Å². The fraction of sp³-hybridized carbons (Fsp3) is 0.561. The number of carbonyl (C=O) groups is 2. The van der Waals surface area contributed by atoms with Crippen molar-refractivity contribution >= 4 is 29.7 Å². The van der Waals surface area contributed by atoms with Crippen molar-refractivity contribution in [1.82, 2.24) is 10.6 Å². The predicted octanol–water partition coefficient (Wildman–Crippen LogP) is 7.49. The molecule has 6 nitrogen and oxygen atoms in total. The molecule has 1 saturated heterocycles. The first kappa shape index (κ1) is 32.1. The summed E-state index contributed by atoms with van der Waals surface area (Å²) in [5, 5.41) is 9.14. The highest BCUT2D eigenvalue weighted by Gasteiger charge is 2.64. The smallest absolute Gasteiger partial charge is 0.404 e. The Balaban J connectivity index is 1.08. The molecule has 0 radical (unpaired) electrons. The van der Waals surface area contributed by atoms with Crippen LogP contribution in [0.1, 0.15) is 108 Å². The van der Waals surface area contributed by atoms with Crippen LogP contribution in [0.5, 0.6) is 0 Å². The van der Waals surface area contributed by atoms with Gasteiger partial charge in [-0.25, -0.2) is 0 Å². The van der Waals surface area contributed by atoms with Crippen molar-refractivity contribution in [2.45, 2.75) is 121 Å². The summed E-state index contributed by atoms with van der Waals surface area (Å²) in [6, 6.07) is 23.1. The van der Waals surface area contributed by atoms with Gasteiger partial charge in [0.15, 0.2) is 0 Å². The Morgan fingerprint density at radius 1 is 0.979 bits per heavy atom. The Morgan fingerprint density at radius 3 is 2.60 bits per heavy atom. The van der Waals surface area contributed by atoms with Crippen LogP contribution in [0.3, 0.4) is 0 Å². The molecule has 1 aliphatic heterocycles. The SMILES string of the molecule is CC(C)C[C@H](NC(=O)[C@]1(NC(=O)[C@H]2CCCc3ccccc32)C[C@H]1c1ccc2ccccc2c1)B1O[C@@H]2CC3CC(CCC3C)[C@]2(C)O1. The minimum Gasteiger partial charge on any atom is -0.404 e. The van der Waals surface area contributed by atoms with Gasteiger partial charge in [0.05, 0.1) is 23.6 Å². The Morgan fingerprint density at radius 2 is 1.77 bits per heavy atom. The Bertz CT molecular complexity index is 1710. The second-order valence-electron chi connectivity index (χ2n) is 16.5. The summed E-state index contributed by atoms with van der Waals surface area (Å²) < 4.78 is 13.7. The molecule has 7 heteroatoms. The van der Waals surface area contributed by atoms with E-state index in [1.807, 2.05) is 18.2 Å². The van der Waals surface area contributed by atoms with Gasteiger partial charge in [0.2, 0.25) is 11.8 Å². The average molecular weight is 647 g/mol. The van der Waals surface area contributed by atoms with Gasteiger partial charge in [0, 0.05) is 5.92 Å². The summed E-state index contributed by atoms with van der Waals surface area (Å²) >= 11 is 0. The van der Waals surface area contributed by atoms with Gasteiger partial charge in [0.25, 0.3) is 0 Å². The maximum atomic E-state index is 14.8. The molecule has 4 aliphatic carbocycles. The van der Waals surface area contributed by atoms with Crippen LogP contribution >= 0.6 is 0 Å². The van der Waals surface area contributed by atoms with Gasteiger partial charge in [0.1, 0.15) is 5.54 Å².